The van der Waals surface area contributed by atoms with Crippen LogP contribution >= 0.6 is 0 Å². The summed E-state index contributed by atoms with van der Waals surface area (Å²) in [6, 6.07) is 11.1. The molecule has 0 aliphatic heterocycles. The van der Waals surface area contributed by atoms with E-state index in [4.69, 9.17) is 0 Å². The SMILES string of the molecule is CC(C)CC(NCCc1nncn1C)c1ccccc1. The molecule has 0 bridgehead atoms. The first kappa shape index (κ1) is 14.7. The lowest BCUT2D eigenvalue weighted by Gasteiger charge is -2.21. The molecule has 1 unspecified atom stereocenters. The van der Waals surface area contributed by atoms with Crippen LogP contribution in [-0.2, 0) is 13.5 Å². The Bertz CT molecular complexity index is 504. The summed E-state index contributed by atoms with van der Waals surface area (Å²) in [4.78, 5) is 0. The second-order valence-electron chi connectivity index (χ2n) is 5.66. The van der Waals surface area contributed by atoms with E-state index in [0.29, 0.717) is 12.0 Å². The van der Waals surface area contributed by atoms with Gasteiger partial charge in [0.05, 0.1) is 0 Å². The van der Waals surface area contributed by atoms with E-state index < -0.39 is 0 Å². The van der Waals surface area contributed by atoms with E-state index in [9.17, 15) is 0 Å². The zero-order chi connectivity index (χ0) is 14.4. The fourth-order valence-corrected chi connectivity index (χ4v) is 2.39. The van der Waals surface area contributed by atoms with Crippen molar-refractivity contribution in [1.29, 1.82) is 0 Å². The molecule has 0 aliphatic carbocycles. The van der Waals surface area contributed by atoms with Crippen molar-refractivity contribution in [3.05, 3.63) is 48.0 Å². The number of benzene rings is 1. The number of nitrogens with one attached hydrogen (secondary N) is 1. The Morgan fingerprint density at radius 1 is 1.20 bits per heavy atom. The first-order valence-corrected chi connectivity index (χ1v) is 7.28. The molecule has 1 N–H and O–H groups in total. The van der Waals surface area contributed by atoms with Crippen LogP contribution in [0.15, 0.2) is 36.7 Å². The van der Waals surface area contributed by atoms with Crippen molar-refractivity contribution >= 4 is 0 Å². The van der Waals surface area contributed by atoms with E-state index in [0.717, 1.165) is 25.2 Å². The molecule has 1 aromatic heterocycles. The van der Waals surface area contributed by atoms with Crippen LogP contribution in [0.25, 0.3) is 0 Å². The van der Waals surface area contributed by atoms with Gasteiger partial charge < -0.3 is 9.88 Å². The first-order chi connectivity index (χ1) is 9.66. The molecule has 2 rings (SSSR count). The standard InChI is InChI=1S/C16H24N4/c1-13(2)11-15(14-7-5-4-6-8-14)17-10-9-16-19-18-12-20(16)3/h4-8,12-13,15,17H,9-11H2,1-3H3. The fraction of sp³-hybridized carbons (Fsp3) is 0.500. The van der Waals surface area contributed by atoms with Gasteiger partial charge in [-0.1, -0.05) is 44.2 Å². The highest BCUT2D eigenvalue weighted by atomic mass is 15.2. The average Bonchev–Trinajstić information content (AvgIpc) is 2.84. The molecule has 108 valence electrons. The zero-order valence-electron chi connectivity index (χ0n) is 12.6. The third kappa shape index (κ3) is 4.17. The minimum absolute atomic E-state index is 0.407. The second-order valence-corrected chi connectivity index (χ2v) is 5.66. The number of aromatic nitrogens is 3. The Morgan fingerprint density at radius 2 is 1.95 bits per heavy atom. The van der Waals surface area contributed by atoms with E-state index in [2.05, 4.69) is 59.7 Å². The summed E-state index contributed by atoms with van der Waals surface area (Å²) in [7, 11) is 1.98. The van der Waals surface area contributed by atoms with Gasteiger partial charge in [0, 0.05) is 26.1 Å². The van der Waals surface area contributed by atoms with Crippen molar-refractivity contribution in [2.75, 3.05) is 6.54 Å². The highest BCUT2D eigenvalue weighted by Crippen LogP contribution is 2.20. The molecule has 1 heterocycles. The molecule has 1 atom stereocenters. The molecule has 0 fully saturated rings. The van der Waals surface area contributed by atoms with Gasteiger partial charge in [0.1, 0.15) is 12.2 Å². The Kier molecular flexibility index (Phi) is 5.30. The van der Waals surface area contributed by atoms with Crippen LogP contribution in [-0.4, -0.2) is 21.3 Å². The Balaban J connectivity index is 1.93. The number of hydrogen-bond acceptors (Lipinski definition) is 3. The van der Waals surface area contributed by atoms with Gasteiger partial charge in [-0.25, -0.2) is 0 Å². The Morgan fingerprint density at radius 3 is 2.55 bits per heavy atom. The van der Waals surface area contributed by atoms with E-state index in [-0.39, 0.29) is 0 Å². The number of aryl methyl sites for hydroxylation is 1. The summed E-state index contributed by atoms with van der Waals surface area (Å²) in [5.74, 6) is 1.69. The lowest BCUT2D eigenvalue weighted by atomic mass is 9.97. The van der Waals surface area contributed by atoms with Crippen molar-refractivity contribution in [3.63, 3.8) is 0 Å². The van der Waals surface area contributed by atoms with E-state index in [1.807, 2.05) is 11.6 Å². The highest BCUT2D eigenvalue weighted by Gasteiger charge is 2.12. The lowest BCUT2D eigenvalue weighted by Crippen LogP contribution is -2.25. The summed E-state index contributed by atoms with van der Waals surface area (Å²) >= 11 is 0. The average molecular weight is 272 g/mol. The molecule has 0 radical (unpaired) electrons. The minimum Gasteiger partial charge on any atom is -0.321 e. The van der Waals surface area contributed by atoms with Gasteiger partial charge in [0.2, 0.25) is 0 Å². The van der Waals surface area contributed by atoms with Gasteiger partial charge >= 0.3 is 0 Å². The maximum atomic E-state index is 4.12. The fourth-order valence-electron chi connectivity index (χ4n) is 2.39. The predicted octanol–water partition coefficient (Wildman–Crippen LogP) is 2.73. The molecular weight excluding hydrogens is 248 g/mol. The van der Waals surface area contributed by atoms with Crippen molar-refractivity contribution in [1.82, 2.24) is 20.1 Å². The first-order valence-electron chi connectivity index (χ1n) is 7.28. The van der Waals surface area contributed by atoms with Crippen molar-refractivity contribution < 1.29 is 0 Å². The second kappa shape index (κ2) is 7.20. The summed E-state index contributed by atoms with van der Waals surface area (Å²) in [5, 5.41) is 11.7. The lowest BCUT2D eigenvalue weighted by molar-refractivity contribution is 0.429. The van der Waals surface area contributed by atoms with Gasteiger partial charge in [0.25, 0.3) is 0 Å². The Labute approximate surface area is 121 Å². The largest absolute Gasteiger partial charge is 0.321 e. The van der Waals surface area contributed by atoms with Gasteiger partial charge in [-0.2, -0.15) is 0 Å². The third-order valence-electron chi connectivity index (χ3n) is 3.45. The molecule has 20 heavy (non-hydrogen) atoms. The molecular formula is C16H24N4. The van der Waals surface area contributed by atoms with Crippen LogP contribution in [0.3, 0.4) is 0 Å². The predicted molar refractivity (Wildman–Crippen MR) is 81.3 cm³/mol. The summed E-state index contributed by atoms with van der Waals surface area (Å²) in [6.45, 7) is 5.44. The van der Waals surface area contributed by atoms with E-state index in [1.165, 1.54) is 5.56 Å². The minimum atomic E-state index is 0.407. The van der Waals surface area contributed by atoms with Gasteiger partial charge in [-0.3, -0.25) is 0 Å². The summed E-state index contributed by atoms with van der Waals surface area (Å²) in [6.07, 6.45) is 3.79. The molecule has 0 saturated carbocycles. The highest BCUT2D eigenvalue weighted by molar-refractivity contribution is 5.18. The molecule has 0 saturated heterocycles. The van der Waals surface area contributed by atoms with Gasteiger partial charge in [-0.15, -0.1) is 10.2 Å². The molecule has 0 spiro atoms. The number of hydrogen-bond donors (Lipinski definition) is 1. The summed E-state index contributed by atoms with van der Waals surface area (Å²) in [5.41, 5.74) is 1.36. The van der Waals surface area contributed by atoms with Gasteiger partial charge in [-0.05, 0) is 17.9 Å². The quantitative estimate of drug-likeness (QED) is 0.842. The van der Waals surface area contributed by atoms with Crippen molar-refractivity contribution in [2.24, 2.45) is 13.0 Å². The van der Waals surface area contributed by atoms with Crippen LogP contribution < -0.4 is 5.32 Å². The molecule has 1 aromatic carbocycles. The molecule has 4 nitrogen and oxygen atoms in total. The molecule has 0 aliphatic rings. The third-order valence-corrected chi connectivity index (χ3v) is 3.45. The van der Waals surface area contributed by atoms with Crippen LogP contribution in [0.1, 0.15) is 37.7 Å². The van der Waals surface area contributed by atoms with E-state index in [1.54, 1.807) is 6.33 Å². The zero-order valence-corrected chi connectivity index (χ0v) is 12.6. The topological polar surface area (TPSA) is 42.7 Å². The number of rotatable bonds is 7. The Hall–Kier alpha value is -1.68. The van der Waals surface area contributed by atoms with Crippen LogP contribution in [0.2, 0.25) is 0 Å². The van der Waals surface area contributed by atoms with Crippen molar-refractivity contribution in [2.45, 2.75) is 32.7 Å². The van der Waals surface area contributed by atoms with E-state index >= 15 is 0 Å². The van der Waals surface area contributed by atoms with Gasteiger partial charge in [0.15, 0.2) is 0 Å². The van der Waals surface area contributed by atoms with Crippen LogP contribution in [0, 0.1) is 5.92 Å². The molecule has 2 aromatic rings. The number of nitrogens with zero attached hydrogens (tertiary/aromatic N) is 3. The monoisotopic (exact) mass is 272 g/mol. The van der Waals surface area contributed by atoms with Crippen LogP contribution in [0.4, 0.5) is 0 Å². The maximum Gasteiger partial charge on any atom is 0.133 e. The normalized spacial score (nSPS) is 12.8. The van der Waals surface area contributed by atoms with Crippen LogP contribution in [0.5, 0.6) is 0 Å². The molecule has 4 heteroatoms. The maximum absolute atomic E-state index is 4.12. The summed E-state index contributed by atoms with van der Waals surface area (Å²) < 4.78 is 1.97. The molecule has 0 amide bonds. The smallest absolute Gasteiger partial charge is 0.133 e. The van der Waals surface area contributed by atoms with Crippen molar-refractivity contribution in [3.8, 4) is 0 Å².